The second kappa shape index (κ2) is 9.01. The number of anilines is 1. The monoisotopic (exact) mass is 576 g/mol. The zero-order valence-corrected chi connectivity index (χ0v) is 20.7. The molecule has 0 aromatic heterocycles. The summed E-state index contributed by atoms with van der Waals surface area (Å²) in [4.78, 5) is 24.6. The van der Waals surface area contributed by atoms with Gasteiger partial charge < -0.3 is 14.8 Å². The lowest BCUT2D eigenvalue weighted by Crippen LogP contribution is -2.49. The number of fused-ring (bicyclic) bond motifs is 1. The van der Waals surface area contributed by atoms with Gasteiger partial charge in [-0.25, -0.2) is 8.42 Å². The summed E-state index contributed by atoms with van der Waals surface area (Å²) in [6.45, 7) is -0.107. The Morgan fingerprint density at radius 3 is 2.66 bits per heavy atom. The molecule has 188 valence electrons. The highest BCUT2D eigenvalue weighted by atomic mass is 79.9. The zero-order chi connectivity index (χ0) is 25.6. The number of methoxy groups -OCH3 is 1. The van der Waals surface area contributed by atoms with Gasteiger partial charge in [0.15, 0.2) is 5.41 Å². The molecule has 13 heteroatoms. The number of nitrogens with zero attached hydrogens (tertiary/aromatic N) is 1. The van der Waals surface area contributed by atoms with E-state index >= 15 is 0 Å². The maximum Gasteiger partial charge on any atom is 0.416 e. The van der Waals surface area contributed by atoms with Crippen molar-refractivity contribution in [1.82, 2.24) is 5.32 Å². The molecule has 1 unspecified atom stereocenters. The van der Waals surface area contributed by atoms with E-state index < -0.39 is 50.1 Å². The fourth-order valence-corrected chi connectivity index (χ4v) is 6.20. The molecule has 2 atom stereocenters. The number of esters is 1. The van der Waals surface area contributed by atoms with Gasteiger partial charge >= 0.3 is 12.1 Å². The van der Waals surface area contributed by atoms with Crippen LogP contribution in [0.1, 0.15) is 18.4 Å². The van der Waals surface area contributed by atoms with E-state index in [0.717, 1.165) is 29.6 Å². The van der Waals surface area contributed by atoms with Gasteiger partial charge in [-0.1, -0.05) is 22.0 Å². The van der Waals surface area contributed by atoms with E-state index in [1.807, 2.05) is 0 Å². The van der Waals surface area contributed by atoms with Crippen molar-refractivity contribution in [2.24, 2.45) is 5.41 Å². The minimum atomic E-state index is -4.73. The minimum absolute atomic E-state index is 0.107. The van der Waals surface area contributed by atoms with E-state index in [9.17, 15) is 31.2 Å². The molecule has 0 saturated carbocycles. The normalized spacial score (nSPS) is 22.3. The Bertz CT molecular complexity index is 1290. The first-order valence-electron chi connectivity index (χ1n) is 10.4. The van der Waals surface area contributed by atoms with Crippen molar-refractivity contribution in [2.75, 3.05) is 24.5 Å². The maximum atomic E-state index is 13.6. The molecule has 35 heavy (non-hydrogen) atoms. The minimum Gasteiger partial charge on any atom is -0.486 e. The first kappa shape index (κ1) is 25.3. The summed E-state index contributed by atoms with van der Waals surface area (Å²) >= 11 is 3.27. The van der Waals surface area contributed by atoms with Crippen LogP contribution in [0.3, 0.4) is 0 Å². The van der Waals surface area contributed by atoms with Crippen LogP contribution in [0.25, 0.3) is 0 Å². The summed E-state index contributed by atoms with van der Waals surface area (Å²) in [5.41, 5.74) is -2.57. The zero-order valence-electron chi connectivity index (χ0n) is 18.3. The Morgan fingerprint density at radius 2 is 2.03 bits per heavy atom. The topological polar surface area (TPSA) is 102 Å². The molecular weight excluding hydrogens is 557 g/mol. The van der Waals surface area contributed by atoms with Crippen molar-refractivity contribution in [2.45, 2.75) is 30.0 Å². The summed E-state index contributed by atoms with van der Waals surface area (Å²) < 4.78 is 79.2. The lowest BCUT2D eigenvalue weighted by atomic mass is 9.80. The average Bonchev–Trinajstić information content (AvgIpc) is 3.18. The van der Waals surface area contributed by atoms with Crippen molar-refractivity contribution in [3.8, 4) is 5.75 Å². The SMILES string of the molecule is COC(=O)C1(C[C@H]2CN(S(=O)(=O)c3cccc(C(F)(F)F)c3)c3cc(Br)ccc3O2)CCNC1=O. The van der Waals surface area contributed by atoms with E-state index in [2.05, 4.69) is 21.2 Å². The van der Waals surface area contributed by atoms with Gasteiger partial charge in [0.1, 0.15) is 11.9 Å². The van der Waals surface area contributed by atoms with E-state index in [1.54, 1.807) is 6.07 Å². The van der Waals surface area contributed by atoms with Crippen LogP contribution in [-0.4, -0.2) is 46.6 Å². The summed E-state index contributed by atoms with van der Waals surface area (Å²) in [6.07, 6.45) is -5.75. The summed E-state index contributed by atoms with van der Waals surface area (Å²) in [5.74, 6) is -1.19. The largest absolute Gasteiger partial charge is 0.486 e. The molecule has 0 radical (unpaired) electrons. The van der Waals surface area contributed by atoms with Crippen LogP contribution in [0.15, 0.2) is 51.8 Å². The Hall–Kier alpha value is -2.80. The molecular formula is C22H20BrF3N2O6S. The lowest BCUT2D eigenvalue weighted by molar-refractivity contribution is -0.158. The molecule has 2 heterocycles. The number of hydrogen-bond acceptors (Lipinski definition) is 6. The van der Waals surface area contributed by atoms with E-state index in [-0.39, 0.29) is 37.4 Å². The molecule has 2 aliphatic heterocycles. The number of nitrogens with one attached hydrogen (secondary N) is 1. The highest BCUT2D eigenvalue weighted by Gasteiger charge is 2.53. The Kier molecular flexibility index (Phi) is 6.51. The molecule has 4 rings (SSSR count). The fourth-order valence-electron chi connectivity index (χ4n) is 4.31. The molecule has 1 saturated heterocycles. The van der Waals surface area contributed by atoms with Gasteiger partial charge in [-0.05, 0) is 42.8 Å². The molecule has 2 aromatic rings. The smallest absolute Gasteiger partial charge is 0.416 e. The third-order valence-electron chi connectivity index (χ3n) is 6.03. The quantitative estimate of drug-likeness (QED) is 0.432. The van der Waals surface area contributed by atoms with Crippen LogP contribution in [-0.2, 0) is 30.5 Å². The number of sulfonamides is 1. The predicted octanol–water partition coefficient (Wildman–Crippen LogP) is 3.49. The molecule has 8 nitrogen and oxygen atoms in total. The number of ether oxygens (including phenoxy) is 2. The fraction of sp³-hybridized carbons (Fsp3) is 0.364. The van der Waals surface area contributed by atoms with Gasteiger partial charge in [0.05, 0.1) is 29.8 Å². The number of rotatable bonds is 5. The van der Waals surface area contributed by atoms with E-state index in [0.29, 0.717) is 10.5 Å². The van der Waals surface area contributed by atoms with Gasteiger partial charge in [-0.2, -0.15) is 13.2 Å². The summed E-state index contributed by atoms with van der Waals surface area (Å²) in [7, 11) is -3.34. The number of halogens is 4. The van der Waals surface area contributed by atoms with Crippen LogP contribution in [0, 0.1) is 5.41 Å². The number of alkyl halides is 3. The number of carbonyl (C=O) groups is 2. The number of carbonyl (C=O) groups excluding carboxylic acids is 2. The molecule has 0 spiro atoms. The predicted molar refractivity (Wildman–Crippen MR) is 121 cm³/mol. The average molecular weight is 577 g/mol. The van der Waals surface area contributed by atoms with Crippen LogP contribution >= 0.6 is 15.9 Å². The van der Waals surface area contributed by atoms with Gasteiger partial charge in [-0.15, -0.1) is 0 Å². The van der Waals surface area contributed by atoms with Crippen molar-refractivity contribution in [3.05, 3.63) is 52.5 Å². The second-order valence-corrected chi connectivity index (χ2v) is 11.0. The summed E-state index contributed by atoms with van der Waals surface area (Å²) in [6, 6.07) is 8.02. The third kappa shape index (κ3) is 4.58. The maximum absolute atomic E-state index is 13.6. The molecule has 1 N–H and O–H groups in total. The molecule has 2 aliphatic rings. The first-order chi connectivity index (χ1) is 16.4. The van der Waals surface area contributed by atoms with Crippen molar-refractivity contribution in [3.63, 3.8) is 0 Å². The summed E-state index contributed by atoms with van der Waals surface area (Å²) in [5, 5.41) is 2.59. The second-order valence-electron chi connectivity index (χ2n) is 8.20. The van der Waals surface area contributed by atoms with E-state index in [4.69, 9.17) is 9.47 Å². The van der Waals surface area contributed by atoms with Gasteiger partial charge in [0, 0.05) is 17.4 Å². The lowest BCUT2D eigenvalue weighted by Gasteiger charge is -2.38. The van der Waals surface area contributed by atoms with Gasteiger partial charge in [-0.3, -0.25) is 13.9 Å². The highest BCUT2D eigenvalue weighted by Crippen LogP contribution is 2.43. The number of benzene rings is 2. The van der Waals surface area contributed by atoms with Crippen molar-refractivity contribution in [1.29, 1.82) is 0 Å². The van der Waals surface area contributed by atoms with Crippen LogP contribution in [0.2, 0.25) is 0 Å². The van der Waals surface area contributed by atoms with Crippen molar-refractivity contribution < 1.29 is 40.7 Å². The van der Waals surface area contributed by atoms with Crippen LogP contribution in [0.4, 0.5) is 18.9 Å². The molecule has 0 bridgehead atoms. The molecule has 1 amide bonds. The first-order valence-corrected chi connectivity index (χ1v) is 12.6. The Labute approximate surface area is 207 Å². The third-order valence-corrected chi connectivity index (χ3v) is 8.30. The van der Waals surface area contributed by atoms with Crippen molar-refractivity contribution >= 4 is 43.5 Å². The Morgan fingerprint density at radius 1 is 1.29 bits per heavy atom. The Balaban J connectivity index is 1.76. The molecule has 2 aromatic carbocycles. The number of hydrogen-bond donors (Lipinski definition) is 1. The molecule has 1 fully saturated rings. The standard InChI is InChI=1S/C22H20BrF3N2O6S/c1-33-20(30)21(7-8-27-19(21)29)11-15-12-28(17-10-14(23)5-6-18(17)34-15)35(31,32)16-4-2-3-13(9-16)22(24,25)26/h2-6,9-10,15H,7-8,11-12H2,1H3,(H,27,29)/t15-,21?/m0/s1. The molecule has 0 aliphatic carbocycles. The van der Waals surface area contributed by atoms with Crippen LogP contribution < -0.4 is 14.4 Å². The van der Waals surface area contributed by atoms with Gasteiger partial charge in [0.2, 0.25) is 5.91 Å². The van der Waals surface area contributed by atoms with E-state index in [1.165, 1.54) is 12.1 Å². The number of amides is 1. The highest BCUT2D eigenvalue weighted by molar-refractivity contribution is 9.10. The van der Waals surface area contributed by atoms with Crippen LogP contribution in [0.5, 0.6) is 5.75 Å². The van der Waals surface area contributed by atoms with Gasteiger partial charge in [0.25, 0.3) is 10.0 Å².